The fourth-order valence-electron chi connectivity index (χ4n) is 2.39. The van der Waals surface area contributed by atoms with Gasteiger partial charge in [-0.1, -0.05) is 36.4 Å². The lowest BCUT2D eigenvalue weighted by molar-refractivity contribution is 0.0949. The van der Waals surface area contributed by atoms with Crippen LogP contribution in [0.2, 0.25) is 0 Å². The molecule has 4 heteroatoms. The molecule has 3 rings (SSSR count). The van der Waals surface area contributed by atoms with Crippen LogP contribution in [0, 0.1) is 0 Å². The maximum Gasteiger partial charge on any atom is 0.252 e. The molecule has 1 fully saturated rings. The van der Waals surface area contributed by atoms with Gasteiger partial charge in [0.2, 0.25) is 0 Å². The van der Waals surface area contributed by atoms with E-state index in [0.717, 1.165) is 6.42 Å². The first-order valence-electron chi connectivity index (χ1n) is 6.56. The Hall–Kier alpha value is -1.81. The second-order valence-electron chi connectivity index (χ2n) is 5.04. The van der Waals surface area contributed by atoms with Crippen molar-refractivity contribution in [1.29, 1.82) is 0 Å². The SMILES string of the molecule is Nc1cccc(C(=O)NC2CC2c2ccccc2)c1Br. The molecule has 2 atom stereocenters. The largest absolute Gasteiger partial charge is 0.398 e. The molecule has 0 saturated heterocycles. The quantitative estimate of drug-likeness (QED) is 0.848. The minimum Gasteiger partial charge on any atom is -0.398 e. The molecule has 1 amide bonds. The van der Waals surface area contributed by atoms with Crippen molar-refractivity contribution >= 4 is 27.5 Å². The predicted octanol–water partition coefficient (Wildman–Crippen LogP) is 3.32. The van der Waals surface area contributed by atoms with Crippen LogP contribution in [-0.4, -0.2) is 11.9 Å². The third kappa shape index (κ3) is 2.56. The van der Waals surface area contributed by atoms with Gasteiger partial charge < -0.3 is 11.1 Å². The van der Waals surface area contributed by atoms with Gasteiger partial charge in [-0.25, -0.2) is 0 Å². The van der Waals surface area contributed by atoms with Crippen LogP contribution in [0.4, 0.5) is 5.69 Å². The van der Waals surface area contributed by atoms with E-state index in [9.17, 15) is 4.79 Å². The fraction of sp³-hybridized carbons (Fsp3) is 0.188. The van der Waals surface area contributed by atoms with E-state index in [1.165, 1.54) is 5.56 Å². The highest BCUT2D eigenvalue weighted by atomic mass is 79.9. The van der Waals surface area contributed by atoms with Crippen molar-refractivity contribution in [3.63, 3.8) is 0 Å². The third-order valence-electron chi connectivity index (χ3n) is 3.61. The predicted molar refractivity (Wildman–Crippen MR) is 83.6 cm³/mol. The first kappa shape index (κ1) is 13.2. The van der Waals surface area contributed by atoms with Gasteiger partial charge in [-0.3, -0.25) is 4.79 Å². The number of hydrogen-bond donors (Lipinski definition) is 2. The molecule has 0 spiro atoms. The summed E-state index contributed by atoms with van der Waals surface area (Å²) in [6.07, 6.45) is 0.996. The number of carbonyl (C=O) groups excluding carboxylic acids is 1. The van der Waals surface area contributed by atoms with Gasteiger partial charge in [0, 0.05) is 17.6 Å². The molecule has 102 valence electrons. The second kappa shape index (κ2) is 5.29. The Labute approximate surface area is 126 Å². The van der Waals surface area contributed by atoms with Crippen LogP contribution in [0.3, 0.4) is 0 Å². The summed E-state index contributed by atoms with van der Waals surface area (Å²) in [5.41, 5.74) is 8.24. The molecule has 1 aliphatic carbocycles. The Morgan fingerprint density at radius 1 is 1.15 bits per heavy atom. The maximum atomic E-state index is 12.2. The molecule has 2 aromatic carbocycles. The minimum atomic E-state index is -0.0763. The molecule has 2 unspecified atom stereocenters. The monoisotopic (exact) mass is 330 g/mol. The summed E-state index contributed by atoms with van der Waals surface area (Å²) >= 11 is 3.37. The van der Waals surface area contributed by atoms with Crippen molar-refractivity contribution in [1.82, 2.24) is 5.32 Å². The number of rotatable bonds is 3. The summed E-state index contributed by atoms with van der Waals surface area (Å²) < 4.78 is 0.661. The number of nitrogens with one attached hydrogen (secondary N) is 1. The molecule has 0 aliphatic heterocycles. The number of amides is 1. The zero-order chi connectivity index (χ0) is 14.1. The highest BCUT2D eigenvalue weighted by Crippen LogP contribution is 2.40. The third-order valence-corrected chi connectivity index (χ3v) is 4.49. The summed E-state index contributed by atoms with van der Waals surface area (Å²) in [6, 6.07) is 15.8. The molecule has 3 nitrogen and oxygen atoms in total. The van der Waals surface area contributed by atoms with Gasteiger partial charge in [0.1, 0.15) is 0 Å². The Balaban J connectivity index is 1.68. The van der Waals surface area contributed by atoms with Crippen LogP contribution >= 0.6 is 15.9 Å². The highest BCUT2D eigenvalue weighted by Gasteiger charge is 2.39. The van der Waals surface area contributed by atoms with Gasteiger partial charge in [-0.05, 0) is 40.0 Å². The van der Waals surface area contributed by atoms with Crippen molar-refractivity contribution in [2.75, 3.05) is 5.73 Å². The number of anilines is 1. The fourth-order valence-corrected chi connectivity index (χ4v) is 2.84. The molecular formula is C16H15BrN2O. The lowest BCUT2D eigenvalue weighted by Crippen LogP contribution is -2.27. The number of hydrogen-bond acceptors (Lipinski definition) is 2. The number of halogens is 1. The van der Waals surface area contributed by atoms with Crippen molar-refractivity contribution in [2.24, 2.45) is 0 Å². The van der Waals surface area contributed by atoms with Crippen LogP contribution in [0.15, 0.2) is 53.0 Å². The van der Waals surface area contributed by atoms with Gasteiger partial charge >= 0.3 is 0 Å². The van der Waals surface area contributed by atoms with Crippen LogP contribution < -0.4 is 11.1 Å². The van der Waals surface area contributed by atoms with E-state index in [1.54, 1.807) is 18.2 Å². The summed E-state index contributed by atoms with van der Waals surface area (Å²) in [6.45, 7) is 0. The first-order valence-corrected chi connectivity index (χ1v) is 7.36. The van der Waals surface area contributed by atoms with Crippen molar-refractivity contribution in [3.8, 4) is 0 Å². The average molecular weight is 331 g/mol. The van der Waals surface area contributed by atoms with E-state index < -0.39 is 0 Å². The van der Waals surface area contributed by atoms with Crippen LogP contribution in [-0.2, 0) is 0 Å². The molecule has 1 saturated carbocycles. The molecule has 0 heterocycles. The zero-order valence-corrected chi connectivity index (χ0v) is 12.4. The number of nitrogens with two attached hydrogens (primary N) is 1. The first-order chi connectivity index (χ1) is 9.66. The molecule has 0 aromatic heterocycles. The van der Waals surface area contributed by atoms with E-state index in [2.05, 4.69) is 33.4 Å². The summed E-state index contributed by atoms with van der Waals surface area (Å²) in [5, 5.41) is 3.06. The highest BCUT2D eigenvalue weighted by molar-refractivity contribution is 9.10. The van der Waals surface area contributed by atoms with Crippen LogP contribution in [0.25, 0.3) is 0 Å². The van der Waals surface area contributed by atoms with Gasteiger partial charge in [-0.2, -0.15) is 0 Å². The smallest absolute Gasteiger partial charge is 0.252 e. The average Bonchev–Trinajstić information content (AvgIpc) is 3.22. The van der Waals surface area contributed by atoms with E-state index in [-0.39, 0.29) is 11.9 Å². The van der Waals surface area contributed by atoms with Gasteiger partial charge in [0.05, 0.1) is 10.0 Å². The Bertz CT molecular complexity index is 642. The van der Waals surface area contributed by atoms with E-state index in [1.807, 2.05) is 18.2 Å². The molecule has 3 N–H and O–H groups in total. The molecule has 0 bridgehead atoms. The number of nitrogen functional groups attached to an aromatic ring is 1. The topological polar surface area (TPSA) is 55.1 Å². The second-order valence-corrected chi connectivity index (χ2v) is 5.83. The van der Waals surface area contributed by atoms with Crippen LogP contribution in [0.1, 0.15) is 28.3 Å². The number of carbonyl (C=O) groups is 1. The number of benzene rings is 2. The normalized spacial score (nSPS) is 20.4. The molecule has 20 heavy (non-hydrogen) atoms. The van der Waals surface area contributed by atoms with Crippen molar-refractivity contribution in [2.45, 2.75) is 18.4 Å². The Kier molecular flexibility index (Phi) is 3.49. The summed E-state index contributed by atoms with van der Waals surface area (Å²) in [7, 11) is 0. The van der Waals surface area contributed by atoms with E-state index in [0.29, 0.717) is 21.6 Å². The van der Waals surface area contributed by atoms with E-state index in [4.69, 9.17) is 5.73 Å². The van der Waals surface area contributed by atoms with Gasteiger partial charge in [-0.15, -0.1) is 0 Å². The molecule has 1 aliphatic rings. The lowest BCUT2D eigenvalue weighted by Gasteiger charge is -2.08. The summed E-state index contributed by atoms with van der Waals surface area (Å²) in [5.74, 6) is 0.354. The summed E-state index contributed by atoms with van der Waals surface area (Å²) in [4.78, 5) is 12.2. The lowest BCUT2D eigenvalue weighted by atomic mass is 10.1. The molecule has 0 radical (unpaired) electrons. The zero-order valence-electron chi connectivity index (χ0n) is 10.8. The maximum absolute atomic E-state index is 12.2. The van der Waals surface area contributed by atoms with Crippen molar-refractivity contribution in [3.05, 3.63) is 64.1 Å². The van der Waals surface area contributed by atoms with Gasteiger partial charge in [0.15, 0.2) is 0 Å². The Morgan fingerprint density at radius 3 is 2.65 bits per heavy atom. The standard InChI is InChI=1S/C16H15BrN2O/c17-15-11(7-4-8-13(15)18)16(20)19-14-9-12(14)10-5-2-1-3-6-10/h1-8,12,14H,9,18H2,(H,19,20). The Morgan fingerprint density at radius 2 is 1.90 bits per heavy atom. The van der Waals surface area contributed by atoms with Gasteiger partial charge in [0.25, 0.3) is 5.91 Å². The molecular weight excluding hydrogens is 316 g/mol. The van der Waals surface area contributed by atoms with E-state index >= 15 is 0 Å². The van der Waals surface area contributed by atoms with Crippen LogP contribution in [0.5, 0.6) is 0 Å². The van der Waals surface area contributed by atoms with Crippen molar-refractivity contribution < 1.29 is 4.79 Å². The minimum absolute atomic E-state index is 0.0763. The molecule has 2 aromatic rings.